The maximum atomic E-state index is 12.5. The van der Waals surface area contributed by atoms with Crippen LogP contribution in [-0.4, -0.2) is 66.3 Å². The largest absolute Gasteiger partial charge is 0.461 e. The molecule has 0 bridgehead atoms. The normalized spacial score (nSPS) is 34.5. The molecular weight excluding hydrogens is 472 g/mol. The number of esters is 4. The van der Waals surface area contributed by atoms with Gasteiger partial charge < -0.3 is 23.7 Å². The molecule has 10 heteroatoms. The highest BCUT2D eigenvalue weighted by atomic mass is 16.7. The van der Waals surface area contributed by atoms with Crippen LogP contribution in [0.25, 0.3) is 0 Å². The second-order valence-electron chi connectivity index (χ2n) is 9.51. The minimum atomic E-state index is -1.01. The first kappa shape index (κ1) is 27.3. The maximum Gasteiger partial charge on any atom is 0.334 e. The number of rotatable bonds is 4. The van der Waals surface area contributed by atoms with Crippen molar-refractivity contribution in [3.05, 3.63) is 35.5 Å². The van der Waals surface area contributed by atoms with Gasteiger partial charge in [0, 0.05) is 45.6 Å². The number of epoxide rings is 1. The maximum absolute atomic E-state index is 12.5. The summed E-state index contributed by atoms with van der Waals surface area (Å²) < 4.78 is 28.2. The van der Waals surface area contributed by atoms with E-state index in [1.807, 2.05) is 0 Å². The lowest BCUT2D eigenvalue weighted by molar-refractivity contribution is -0.152. The van der Waals surface area contributed by atoms with Crippen LogP contribution in [0.1, 0.15) is 53.9 Å². The van der Waals surface area contributed by atoms with Crippen molar-refractivity contribution in [3.63, 3.8) is 0 Å². The summed E-state index contributed by atoms with van der Waals surface area (Å²) in [6, 6.07) is 0. The van der Waals surface area contributed by atoms with Gasteiger partial charge in [-0.3, -0.25) is 19.2 Å². The summed E-state index contributed by atoms with van der Waals surface area (Å²) in [4.78, 5) is 60.0. The Morgan fingerprint density at radius 3 is 2.28 bits per heavy atom. The first-order valence-electron chi connectivity index (χ1n) is 11.8. The summed E-state index contributed by atoms with van der Waals surface area (Å²) >= 11 is 0. The molecule has 2 aliphatic heterocycles. The van der Waals surface area contributed by atoms with Gasteiger partial charge in [0.15, 0.2) is 0 Å². The number of ether oxygens (including phenoxy) is 5. The van der Waals surface area contributed by atoms with E-state index in [0.29, 0.717) is 17.4 Å². The van der Waals surface area contributed by atoms with E-state index in [2.05, 4.69) is 6.58 Å². The van der Waals surface area contributed by atoms with Crippen LogP contribution in [0.2, 0.25) is 0 Å². The van der Waals surface area contributed by atoms with Crippen molar-refractivity contribution in [3.8, 4) is 0 Å². The summed E-state index contributed by atoms with van der Waals surface area (Å²) in [5.74, 6) is -3.07. The Balaban J connectivity index is 2.09. The predicted octanol–water partition coefficient (Wildman–Crippen LogP) is 2.29. The summed E-state index contributed by atoms with van der Waals surface area (Å²) in [5.41, 5.74) is 0.0729. The van der Waals surface area contributed by atoms with E-state index in [4.69, 9.17) is 23.7 Å². The van der Waals surface area contributed by atoms with Crippen molar-refractivity contribution in [2.24, 2.45) is 5.92 Å². The highest BCUT2D eigenvalue weighted by molar-refractivity contribution is 5.91. The number of fused-ring (bicyclic) bond motifs is 3. The Kier molecular flexibility index (Phi) is 8.18. The third kappa shape index (κ3) is 5.92. The fraction of sp³-hybridized carbons (Fsp3) is 0.577. The average molecular weight is 505 g/mol. The smallest absolute Gasteiger partial charge is 0.334 e. The van der Waals surface area contributed by atoms with E-state index in [1.165, 1.54) is 20.8 Å². The first-order valence-corrected chi connectivity index (χ1v) is 11.8. The molecule has 0 N–H and O–H groups in total. The van der Waals surface area contributed by atoms with Crippen LogP contribution in [0.4, 0.5) is 0 Å². The number of carbonyl (C=O) groups is 5. The van der Waals surface area contributed by atoms with Gasteiger partial charge in [0.25, 0.3) is 0 Å². The van der Waals surface area contributed by atoms with Gasteiger partial charge in [-0.2, -0.15) is 0 Å². The Bertz CT molecular complexity index is 1020. The van der Waals surface area contributed by atoms with Crippen LogP contribution >= 0.6 is 0 Å². The fourth-order valence-electron chi connectivity index (χ4n) is 4.86. The standard InChI is InChI=1S/C26H32O10/c1-13-7-10-21(34-17(5)30)26(6)24(36-26)23-22(14(2)25(31)35-23)20(33-16(4)29)11-18(12-27)8-9-19(13)32-15(3)28/h7-8,12,19-24H,2,9-11H2,1,3-6H3. The zero-order valence-electron chi connectivity index (χ0n) is 21.1. The van der Waals surface area contributed by atoms with Gasteiger partial charge in [-0.1, -0.05) is 18.7 Å². The minimum absolute atomic E-state index is 0.0216. The summed E-state index contributed by atoms with van der Waals surface area (Å²) in [5, 5.41) is 0. The molecule has 7 atom stereocenters. The molecule has 0 aromatic heterocycles. The lowest BCUT2D eigenvalue weighted by Crippen LogP contribution is -2.41. The summed E-state index contributed by atoms with van der Waals surface area (Å²) in [6.07, 6.45) is 0.525. The molecule has 0 radical (unpaired) electrons. The van der Waals surface area contributed by atoms with E-state index >= 15 is 0 Å². The number of hydrogen-bond donors (Lipinski definition) is 0. The highest BCUT2D eigenvalue weighted by Gasteiger charge is 2.67. The quantitative estimate of drug-likeness (QED) is 0.140. The van der Waals surface area contributed by atoms with Crippen LogP contribution in [0, 0.1) is 5.92 Å². The van der Waals surface area contributed by atoms with Crippen molar-refractivity contribution < 1.29 is 47.7 Å². The molecule has 0 spiro atoms. The molecule has 3 aliphatic rings. The monoisotopic (exact) mass is 504 g/mol. The van der Waals surface area contributed by atoms with Gasteiger partial charge in [0.1, 0.15) is 42.4 Å². The Hall–Kier alpha value is -3.27. The highest BCUT2D eigenvalue weighted by Crippen LogP contribution is 2.50. The van der Waals surface area contributed by atoms with Gasteiger partial charge in [-0.05, 0) is 25.0 Å². The van der Waals surface area contributed by atoms with Crippen LogP contribution in [0.3, 0.4) is 0 Å². The van der Waals surface area contributed by atoms with E-state index < -0.39 is 65.9 Å². The number of aldehydes is 1. The van der Waals surface area contributed by atoms with Gasteiger partial charge >= 0.3 is 23.9 Å². The second-order valence-corrected chi connectivity index (χ2v) is 9.51. The van der Waals surface area contributed by atoms with E-state index in [9.17, 15) is 24.0 Å². The third-order valence-corrected chi connectivity index (χ3v) is 6.77. The Morgan fingerprint density at radius 2 is 1.69 bits per heavy atom. The molecule has 36 heavy (non-hydrogen) atoms. The molecule has 2 heterocycles. The topological polar surface area (TPSA) is 135 Å². The Morgan fingerprint density at radius 1 is 1.06 bits per heavy atom. The molecule has 0 amide bonds. The van der Waals surface area contributed by atoms with Gasteiger partial charge in [0.2, 0.25) is 0 Å². The van der Waals surface area contributed by atoms with Crippen LogP contribution in [-0.2, 0) is 47.7 Å². The minimum Gasteiger partial charge on any atom is -0.461 e. The van der Waals surface area contributed by atoms with Crippen molar-refractivity contribution in [1.29, 1.82) is 0 Å². The number of carbonyl (C=O) groups excluding carboxylic acids is 5. The zero-order valence-corrected chi connectivity index (χ0v) is 21.1. The summed E-state index contributed by atoms with van der Waals surface area (Å²) in [7, 11) is 0. The first-order chi connectivity index (χ1) is 16.9. The van der Waals surface area contributed by atoms with Gasteiger partial charge in [-0.25, -0.2) is 4.79 Å². The molecule has 7 unspecified atom stereocenters. The lowest BCUT2D eigenvalue weighted by Gasteiger charge is -2.28. The van der Waals surface area contributed by atoms with Crippen molar-refractivity contribution in [1.82, 2.24) is 0 Å². The van der Waals surface area contributed by atoms with E-state index in [-0.39, 0.29) is 24.8 Å². The number of hydrogen-bond acceptors (Lipinski definition) is 10. The molecule has 0 aromatic carbocycles. The molecular formula is C26H32O10. The lowest BCUT2D eigenvalue weighted by atomic mass is 9.82. The van der Waals surface area contributed by atoms with Crippen LogP contribution in [0.5, 0.6) is 0 Å². The average Bonchev–Trinajstić information content (AvgIpc) is 3.38. The molecule has 10 nitrogen and oxygen atoms in total. The van der Waals surface area contributed by atoms with Crippen LogP contribution in [0.15, 0.2) is 35.5 Å². The fourth-order valence-corrected chi connectivity index (χ4v) is 4.86. The Labute approximate surface area is 209 Å². The molecule has 2 fully saturated rings. The molecule has 3 rings (SSSR count). The molecule has 0 saturated carbocycles. The van der Waals surface area contributed by atoms with Crippen molar-refractivity contribution >= 4 is 30.2 Å². The van der Waals surface area contributed by atoms with Crippen molar-refractivity contribution in [2.45, 2.75) is 90.0 Å². The van der Waals surface area contributed by atoms with Gasteiger partial charge in [0.05, 0.1) is 5.92 Å². The predicted molar refractivity (Wildman–Crippen MR) is 124 cm³/mol. The van der Waals surface area contributed by atoms with Gasteiger partial charge in [-0.15, -0.1) is 0 Å². The molecule has 0 aromatic rings. The molecule has 1 aliphatic carbocycles. The molecule has 196 valence electrons. The molecule has 2 saturated heterocycles. The van der Waals surface area contributed by atoms with E-state index in [0.717, 1.165) is 0 Å². The summed E-state index contributed by atoms with van der Waals surface area (Å²) in [6.45, 7) is 11.2. The van der Waals surface area contributed by atoms with Crippen molar-refractivity contribution in [2.75, 3.05) is 0 Å². The zero-order chi connectivity index (χ0) is 26.8. The van der Waals surface area contributed by atoms with Crippen LogP contribution < -0.4 is 0 Å². The third-order valence-electron chi connectivity index (χ3n) is 6.77. The SMILES string of the molecule is C=C1C(=O)OC2C1C(OC(C)=O)CC(C=O)=CCC(OC(C)=O)C(C)=CCC(OC(C)=O)C1(C)OC21. The van der Waals surface area contributed by atoms with E-state index in [1.54, 1.807) is 26.0 Å². The second kappa shape index (κ2) is 10.8.